The number of hydrogen-bond acceptors (Lipinski definition) is 20. The first-order valence-electron chi connectivity index (χ1n) is 36.4. The van der Waals surface area contributed by atoms with Crippen LogP contribution in [0.1, 0.15) is 143 Å². The first-order chi connectivity index (χ1) is 50.2. The standard InChI is InChI=1S/C73H107N13O20/c1-9-40(5)60-69(102)80-51(38-87)66(99)76-47(10-2)65(98)82-61(41(6)88)70(103)78-49(27-24-43-17-12-11-13-18-43)72(105)85-31-14-19-52(85)67(100)79-50(35-45(36-57(92)56(91)33-39(3)4)62(95)55(83(8)42(7)89)34-44-22-25-46(90)26-23-44)63(96)71(104)77-48(28-29-58(74)93)64(97)75-37-59(94)84-30-16-21-54(84)73(106)86-32-15-20-53(86)68(101)81-60/h10-13,17-18,22-23,25-26,39-41,45,48-57,60-61,63,87-88,90-92,96H,9,14-16,19-21,24,27-38H2,1-8H3,(H2,74,93)(H,75,97)(H,76,99)(H,77,104)(H,78,103)(H,79,100)(H,80,102)(H,81,101)(H,82,98)/b47-10+. The Morgan fingerprint density at radius 2 is 1.21 bits per heavy atom. The zero-order valence-electron chi connectivity index (χ0n) is 61.5. The lowest BCUT2D eigenvalue weighted by molar-refractivity contribution is -0.147. The summed E-state index contributed by atoms with van der Waals surface area (Å²) in [5.74, 6) is -15.8. The summed E-state index contributed by atoms with van der Waals surface area (Å²) in [6.07, 6.45) is -7.75. The number of phenolic OH excluding ortho intramolecular Hbond substituents is 1. The van der Waals surface area contributed by atoms with Crippen LogP contribution in [0.2, 0.25) is 0 Å². The number of aliphatic hydroxyl groups is 5. The summed E-state index contributed by atoms with van der Waals surface area (Å²) in [6, 6.07) is -1.09. The van der Waals surface area contributed by atoms with Gasteiger partial charge in [-0.25, -0.2) is 0 Å². The van der Waals surface area contributed by atoms with E-state index in [0.717, 1.165) is 22.8 Å². The number of fused-ring (bicyclic) bond motifs is 3. The third kappa shape index (κ3) is 23.5. The van der Waals surface area contributed by atoms with Gasteiger partial charge in [-0.2, -0.15) is 0 Å². The van der Waals surface area contributed by atoms with Crippen LogP contribution in [-0.4, -0.2) is 257 Å². The van der Waals surface area contributed by atoms with Crippen LogP contribution >= 0.6 is 0 Å². The number of likely N-dealkylation sites (N-methyl/N-ethyl adjacent to an activating group) is 1. The molecule has 2 aromatic rings. The van der Waals surface area contributed by atoms with Crippen LogP contribution < -0.4 is 48.3 Å². The average molecular weight is 1490 g/mol. The maximum absolute atomic E-state index is 15.5. The predicted molar refractivity (Wildman–Crippen MR) is 381 cm³/mol. The minimum absolute atomic E-state index is 0.0195. The third-order valence-corrected chi connectivity index (χ3v) is 20.2. The number of phenols is 1. The number of amides is 13. The van der Waals surface area contributed by atoms with Gasteiger partial charge in [0.2, 0.25) is 65.0 Å². The number of Topliss-reactive ketones (excluding diaryl/α,β-unsaturated/α-hetero) is 1. The van der Waals surface area contributed by atoms with E-state index in [-0.39, 0.29) is 82.7 Å². The fraction of sp³-hybridized carbons (Fsp3) is 0.616. The molecule has 13 amide bonds. The Bertz CT molecular complexity index is 3490. The average Bonchev–Trinajstić information content (AvgIpc) is 1.63. The highest BCUT2D eigenvalue weighted by molar-refractivity contribution is 6.03. The highest BCUT2D eigenvalue weighted by atomic mass is 16.3. The quantitative estimate of drug-likeness (QED) is 0.0531. The molecule has 6 rings (SSSR count). The minimum atomic E-state index is -2.50. The molecular weight excluding hydrogens is 1380 g/mol. The molecule has 0 aromatic heterocycles. The van der Waals surface area contributed by atoms with Crippen LogP contribution in [-0.2, 0) is 80.0 Å². The molecule has 2 aromatic carbocycles. The Morgan fingerprint density at radius 1 is 0.642 bits per heavy atom. The van der Waals surface area contributed by atoms with Gasteiger partial charge in [-0.3, -0.25) is 67.1 Å². The number of hydrogen-bond donors (Lipinski definition) is 15. The third-order valence-electron chi connectivity index (χ3n) is 20.2. The van der Waals surface area contributed by atoms with Gasteiger partial charge in [0.05, 0.1) is 43.5 Å². The molecule has 106 heavy (non-hydrogen) atoms. The molecule has 0 bridgehead atoms. The van der Waals surface area contributed by atoms with Gasteiger partial charge in [-0.1, -0.05) is 82.7 Å². The van der Waals surface area contributed by atoms with Gasteiger partial charge < -0.3 is 98.5 Å². The molecule has 4 aliphatic rings. The molecule has 0 radical (unpaired) electrons. The van der Waals surface area contributed by atoms with E-state index in [1.807, 2.05) is 0 Å². The number of carbonyl (C=O) groups is 14. The lowest BCUT2D eigenvalue weighted by atomic mass is 9.81. The van der Waals surface area contributed by atoms with Gasteiger partial charge in [-0.05, 0) is 132 Å². The monoisotopic (exact) mass is 1490 g/mol. The van der Waals surface area contributed by atoms with Gasteiger partial charge in [0, 0.05) is 45.9 Å². The number of benzene rings is 2. The molecule has 0 saturated carbocycles. The Balaban J connectivity index is 1.46. The summed E-state index contributed by atoms with van der Waals surface area (Å²) in [6.45, 7) is 8.67. The SMILES string of the molecule is C/C=C1/NC(=O)C(CO)NC(=O)C(C(C)CC)NC(=O)C2CCCN2C(=O)C2CCCN2C(=O)CNC(=O)C(CCC(N)=O)NC(=O)C(O)C(CC(CC(O)C(O)CC(C)C)C(=O)C(Cc2ccc(O)cc2)N(C)C(C)=O)NC(=O)C2CCCN2C(=O)C(CCc2ccccc2)NC(=O)C(C(C)O)NC1=O. The lowest BCUT2D eigenvalue weighted by Crippen LogP contribution is -2.61. The summed E-state index contributed by atoms with van der Waals surface area (Å²) in [4.78, 5) is 206. The van der Waals surface area contributed by atoms with Crippen molar-refractivity contribution in [3.63, 3.8) is 0 Å². The number of aliphatic hydroxyl groups excluding tert-OH is 5. The summed E-state index contributed by atoms with van der Waals surface area (Å²) in [5, 5.41) is 87.4. The largest absolute Gasteiger partial charge is 0.508 e. The van der Waals surface area contributed by atoms with E-state index in [9.17, 15) is 83.4 Å². The van der Waals surface area contributed by atoms with E-state index in [1.165, 1.54) is 55.0 Å². The number of rotatable bonds is 22. The lowest BCUT2D eigenvalue weighted by Gasteiger charge is -2.35. The smallest absolute Gasteiger partial charge is 0.268 e. The van der Waals surface area contributed by atoms with Crippen LogP contribution in [0.25, 0.3) is 0 Å². The van der Waals surface area contributed by atoms with E-state index in [2.05, 4.69) is 42.5 Å². The fourth-order valence-electron chi connectivity index (χ4n) is 13.7. The van der Waals surface area contributed by atoms with Crippen LogP contribution in [0, 0.1) is 17.8 Å². The van der Waals surface area contributed by atoms with Crippen LogP contribution in [0.3, 0.4) is 0 Å². The highest BCUT2D eigenvalue weighted by Crippen LogP contribution is 2.30. The molecular formula is C73H107N13O20. The molecule has 4 saturated heterocycles. The first kappa shape index (κ1) is 85.5. The molecule has 4 fully saturated rings. The minimum Gasteiger partial charge on any atom is -0.508 e. The number of nitrogens with one attached hydrogen (secondary N) is 8. The van der Waals surface area contributed by atoms with Crippen molar-refractivity contribution in [1.29, 1.82) is 0 Å². The number of nitrogens with zero attached hydrogens (tertiary/aromatic N) is 4. The Hall–Kier alpha value is -9.44. The van der Waals surface area contributed by atoms with Crippen molar-refractivity contribution in [1.82, 2.24) is 62.1 Å². The number of primary amides is 1. The molecule has 4 heterocycles. The Labute approximate surface area is 616 Å². The van der Waals surface area contributed by atoms with Gasteiger partial charge in [0.25, 0.3) is 11.8 Å². The first-order valence-corrected chi connectivity index (χ1v) is 36.4. The molecule has 0 aliphatic carbocycles. The van der Waals surface area contributed by atoms with Gasteiger partial charge in [-0.15, -0.1) is 0 Å². The van der Waals surface area contributed by atoms with Crippen molar-refractivity contribution in [3.8, 4) is 5.75 Å². The number of aromatic hydroxyl groups is 1. The van der Waals surface area contributed by atoms with E-state index in [0.29, 0.717) is 30.4 Å². The summed E-state index contributed by atoms with van der Waals surface area (Å²) < 4.78 is 0. The highest BCUT2D eigenvalue weighted by Gasteiger charge is 2.47. The fourth-order valence-corrected chi connectivity index (χ4v) is 13.7. The molecule has 4 aliphatic heterocycles. The number of carbonyl (C=O) groups excluding carboxylic acids is 14. The maximum atomic E-state index is 15.5. The Morgan fingerprint density at radius 3 is 1.78 bits per heavy atom. The number of aryl methyl sites for hydroxylation is 1. The van der Waals surface area contributed by atoms with Crippen molar-refractivity contribution in [2.75, 3.05) is 39.8 Å². The normalized spacial score (nSPS) is 26.2. The van der Waals surface area contributed by atoms with Gasteiger partial charge >= 0.3 is 0 Å². The van der Waals surface area contributed by atoms with Crippen molar-refractivity contribution < 1.29 is 97.8 Å². The second-order valence-electron chi connectivity index (χ2n) is 28.4. The second-order valence-corrected chi connectivity index (χ2v) is 28.4. The van der Waals surface area contributed by atoms with Crippen LogP contribution in [0.4, 0.5) is 0 Å². The van der Waals surface area contributed by atoms with Crippen LogP contribution in [0.5, 0.6) is 5.75 Å². The topological polar surface area (TPSA) is 496 Å². The molecule has 16 atom stereocenters. The molecule has 0 spiro atoms. The summed E-state index contributed by atoms with van der Waals surface area (Å²) in [5.41, 5.74) is 6.16. The Kier molecular flexibility index (Phi) is 32.5. The maximum Gasteiger partial charge on any atom is 0.268 e. The number of allylic oxidation sites excluding steroid dienone is 1. The summed E-state index contributed by atoms with van der Waals surface area (Å²) in [7, 11) is 1.33. The number of nitrogens with two attached hydrogens (primary N) is 1. The molecule has 33 heteroatoms. The van der Waals surface area contributed by atoms with E-state index >= 15 is 14.4 Å². The molecule has 16 N–H and O–H groups in total. The second kappa shape index (κ2) is 40.3. The zero-order valence-corrected chi connectivity index (χ0v) is 61.5. The predicted octanol–water partition coefficient (Wildman–Crippen LogP) is -2.78. The zero-order chi connectivity index (χ0) is 78.4. The van der Waals surface area contributed by atoms with E-state index < -0.39 is 224 Å². The van der Waals surface area contributed by atoms with Crippen molar-refractivity contribution in [2.45, 2.75) is 230 Å². The van der Waals surface area contributed by atoms with Crippen molar-refractivity contribution in [2.24, 2.45) is 23.5 Å². The van der Waals surface area contributed by atoms with E-state index in [1.54, 1.807) is 58.0 Å². The van der Waals surface area contributed by atoms with Gasteiger partial charge in [0.15, 0.2) is 11.9 Å². The van der Waals surface area contributed by atoms with Crippen molar-refractivity contribution in [3.05, 3.63) is 77.5 Å². The van der Waals surface area contributed by atoms with E-state index in [4.69, 9.17) is 5.73 Å². The number of ketones is 1. The van der Waals surface area contributed by atoms with Gasteiger partial charge in [0.1, 0.15) is 59.8 Å². The molecule has 33 nitrogen and oxygen atoms in total. The molecule has 584 valence electrons. The van der Waals surface area contributed by atoms with Crippen molar-refractivity contribution >= 4 is 82.6 Å². The summed E-state index contributed by atoms with van der Waals surface area (Å²) >= 11 is 0. The molecule has 16 unspecified atom stereocenters. The van der Waals surface area contributed by atoms with Crippen LogP contribution in [0.15, 0.2) is 66.4 Å².